The quantitative estimate of drug-likeness (QED) is 0.579. The average Bonchev–Trinajstić information content (AvgIpc) is 3.03. The molecule has 5 heteroatoms. The summed E-state index contributed by atoms with van der Waals surface area (Å²) in [5.41, 5.74) is -0.569. The Balaban J connectivity index is 2.34. The molecule has 0 bridgehead atoms. The highest BCUT2D eigenvalue weighted by atomic mass is 16.6. The molecule has 0 unspecified atom stereocenters. The predicted octanol–water partition coefficient (Wildman–Crippen LogP) is 2.40. The van der Waals surface area contributed by atoms with E-state index in [0.29, 0.717) is 5.92 Å². The third-order valence-corrected chi connectivity index (χ3v) is 3.39. The van der Waals surface area contributed by atoms with Gasteiger partial charge < -0.3 is 15.2 Å². The number of ether oxygens (including phenoxy) is 1. The first-order valence-corrected chi connectivity index (χ1v) is 6.89. The van der Waals surface area contributed by atoms with Crippen LogP contribution in [0.15, 0.2) is 0 Å². The number of carboxylic acid groups (broad SMARTS) is 1. The van der Waals surface area contributed by atoms with Crippen molar-refractivity contribution < 1.29 is 19.4 Å². The van der Waals surface area contributed by atoms with Crippen LogP contribution < -0.4 is 5.32 Å². The first-order valence-electron chi connectivity index (χ1n) is 6.89. The first kappa shape index (κ1) is 16.4. The number of unbranched alkanes of at least 4 members (excludes halogenated alkanes) is 1. The molecule has 2 N–H and O–H groups in total. The summed E-state index contributed by atoms with van der Waals surface area (Å²) in [6.07, 6.45) is 7.88. The SMILES string of the molecule is C#CCCC[C@H]1C[C@@H]1OC(=O)N[C@H](C(=O)O)C(C)(C)C. The molecule has 0 heterocycles. The standard InChI is InChI=1S/C15H23NO4/c1-5-6-7-8-10-9-11(10)20-14(19)16-12(13(17)18)15(2,3)4/h1,10-12H,6-9H2,2-4H3,(H,16,19)(H,17,18)/t10-,11-,12+/m0/s1. The van der Waals surface area contributed by atoms with Crippen molar-refractivity contribution in [3.05, 3.63) is 0 Å². The van der Waals surface area contributed by atoms with Crippen molar-refractivity contribution in [2.75, 3.05) is 0 Å². The molecule has 3 atom stereocenters. The maximum absolute atomic E-state index is 11.7. The van der Waals surface area contributed by atoms with Gasteiger partial charge in [0, 0.05) is 6.42 Å². The Morgan fingerprint density at radius 2 is 2.15 bits per heavy atom. The third-order valence-electron chi connectivity index (χ3n) is 3.39. The number of alkyl carbamates (subject to hydrolysis) is 1. The molecule has 1 fully saturated rings. The Morgan fingerprint density at radius 1 is 1.50 bits per heavy atom. The fourth-order valence-electron chi connectivity index (χ4n) is 2.07. The maximum Gasteiger partial charge on any atom is 0.408 e. The molecule has 0 aromatic carbocycles. The molecule has 112 valence electrons. The van der Waals surface area contributed by atoms with Crippen LogP contribution >= 0.6 is 0 Å². The molecule has 1 aliphatic carbocycles. The van der Waals surface area contributed by atoms with E-state index >= 15 is 0 Å². The van der Waals surface area contributed by atoms with E-state index < -0.39 is 23.5 Å². The zero-order valence-electron chi connectivity index (χ0n) is 12.3. The second-order valence-corrected chi connectivity index (χ2v) is 6.32. The predicted molar refractivity (Wildman–Crippen MR) is 75.1 cm³/mol. The molecule has 1 amide bonds. The van der Waals surface area contributed by atoms with E-state index in [2.05, 4.69) is 11.2 Å². The summed E-state index contributed by atoms with van der Waals surface area (Å²) < 4.78 is 5.22. The van der Waals surface area contributed by atoms with Gasteiger partial charge in [0.25, 0.3) is 0 Å². The highest BCUT2D eigenvalue weighted by Crippen LogP contribution is 2.38. The Morgan fingerprint density at radius 3 is 2.65 bits per heavy atom. The average molecular weight is 281 g/mol. The van der Waals surface area contributed by atoms with E-state index in [0.717, 1.165) is 25.7 Å². The molecular formula is C15H23NO4. The van der Waals surface area contributed by atoms with Crippen molar-refractivity contribution in [1.29, 1.82) is 0 Å². The molecular weight excluding hydrogens is 258 g/mol. The number of hydrogen-bond acceptors (Lipinski definition) is 3. The molecule has 0 aromatic rings. The summed E-state index contributed by atoms with van der Waals surface area (Å²) in [6, 6.07) is -0.964. The minimum atomic E-state index is -1.06. The highest BCUT2D eigenvalue weighted by molar-refractivity contribution is 5.80. The van der Waals surface area contributed by atoms with Crippen molar-refractivity contribution in [3.63, 3.8) is 0 Å². The van der Waals surface area contributed by atoms with Crippen molar-refractivity contribution in [3.8, 4) is 12.3 Å². The summed E-state index contributed by atoms with van der Waals surface area (Å²) >= 11 is 0. The number of hydrogen-bond donors (Lipinski definition) is 2. The summed E-state index contributed by atoms with van der Waals surface area (Å²) in [6.45, 7) is 5.27. The summed E-state index contributed by atoms with van der Waals surface area (Å²) in [5, 5.41) is 11.5. The second-order valence-electron chi connectivity index (χ2n) is 6.32. The van der Waals surface area contributed by atoms with Crippen LogP contribution in [0.1, 0.15) is 46.5 Å². The fraction of sp³-hybridized carbons (Fsp3) is 0.733. The van der Waals surface area contributed by atoms with Gasteiger partial charge in [0.05, 0.1) is 0 Å². The number of rotatable bonds is 6. The molecule has 0 aromatic heterocycles. The van der Waals surface area contributed by atoms with Crippen molar-refractivity contribution >= 4 is 12.1 Å². The van der Waals surface area contributed by atoms with Crippen LogP contribution in [0.3, 0.4) is 0 Å². The monoisotopic (exact) mass is 281 g/mol. The lowest BCUT2D eigenvalue weighted by molar-refractivity contribution is -0.142. The van der Waals surface area contributed by atoms with Gasteiger partial charge in [0.15, 0.2) is 0 Å². The fourth-order valence-corrected chi connectivity index (χ4v) is 2.07. The molecule has 0 spiro atoms. The molecule has 0 saturated heterocycles. The maximum atomic E-state index is 11.7. The van der Waals surface area contributed by atoms with Gasteiger partial charge in [0.2, 0.25) is 0 Å². The lowest BCUT2D eigenvalue weighted by atomic mass is 9.87. The molecule has 5 nitrogen and oxygen atoms in total. The Bertz CT molecular complexity index is 405. The van der Waals surface area contributed by atoms with E-state index in [1.165, 1.54) is 0 Å². The minimum Gasteiger partial charge on any atom is -0.480 e. The van der Waals surface area contributed by atoms with Gasteiger partial charge in [-0.25, -0.2) is 9.59 Å². The summed E-state index contributed by atoms with van der Waals surface area (Å²) in [4.78, 5) is 22.8. The van der Waals surface area contributed by atoms with Gasteiger partial charge in [-0.15, -0.1) is 12.3 Å². The number of carboxylic acids is 1. The molecule has 20 heavy (non-hydrogen) atoms. The lowest BCUT2D eigenvalue weighted by Gasteiger charge is -2.27. The lowest BCUT2D eigenvalue weighted by Crippen LogP contribution is -2.49. The zero-order chi connectivity index (χ0) is 15.3. The van der Waals surface area contributed by atoms with E-state index in [9.17, 15) is 9.59 Å². The van der Waals surface area contributed by atoms with Crippen LogP contribution in [0.25, 0.3) is 0 Å². The van der Waals surface area contributed by atoms with Crippen LogP contribution in [0.5, 0.6) is 0 Å². The first-order chi connectivity index (χ1) is 9.25. The smallest absolute Gasteiger partial charge is 0.408 e. The number of amides is 1. The van der Waals surface area contributed by atoms with E-state index in [-0.39, 0.29) is 6.10 Å². The van der Waals surface area contributed by atoms with Gasteiger partial charge in [-0.1, -0.05) is 20.8 Å². The molecule has 0 radical (unpaired) electrons. The van der Waals surface area contributed by atoms with E-state index in [1.54, 1.807) is 20.8 Å². The van der Waals surface area contributed by atoms with Crippen molar-refractivity contribution in [2.24, 2.45) is 11.3 Å². The van der Waals surface area contributed by atoms with Crippen molar-refractivity contribution in [2.45, 2.75) is 58.6 Å². The van der Waals surface area contributed by atoms with Crippen molar-refractivity contribution in [1.82, 2.24) is 5.32 Å². The Kier molecular flexibility index (Phi) is 5.43. The number of aliphatic carboxylic acids is 1. The van der Waals surface area contributed by atoms with Gasteiger partial charge in [-0.3, -0.25) is 0 Å². The number of carbonyl (C=O) groups is 2. The second kappa shape index (κ2) is 6.65. The highest BCUT2D eigenvalue weighted by Gasteiger charge is 2.41. The Labute approximate surface area is 120 Å². The number of terminal acetylenes is 1. The van der Waals surface area contributed by atoms with Gasteiger partial charge in [0.1, 0.15) is 12.1 Å². The number of nitrogens with one attached hydrogen (secondary N) is 1. The number of carbonyl (C=O) groups excluding carboxylic acids is 1. The third kappa shape index (κ3) is 5.12. The van der Waals surface area contributed by atoms with Gasteiger partial charge in [-0.05, 0) is 30.6 Å². The minimum absolute atomic E-state index is 0.0952. The van der Waals surface area contributed by atoms with Crippen LogP contribution in [0, 0.1) is 23.7 Å². The normalized spacial score (nSPS) is 22.5. The van der Waals surface area contributed by atoms with Crippen LogP contribution in [0.4, 0.5) is 4.79 Å². The van der Waals surface area contributed by atoms with E-state index in [4.69, 9.17) is 16.3 Å². The van der Waals surface area contributed by atoms with Gasteiger partial charge in [-0.2, -0.15) is 0 Å². The van der Waals surface area contributed by atoms with Gasteiger partial charge >= 0.3 is 12.1 Å². The molecule has 1 aliphatic rings. The van der Waals surface area contributed by atoms with Crippen LogP contribution in [-0.2, 0) is 9.53 Å². The van der Waals surface area contributed by atoms with Crippen LogP contribution in [0.2, 0.25) is 0 Å². The topological polar surface area (TPSA) is 75.6 Å². The molecule has 1 rings (SSSR count). The largest absolute Gasteiger partial charge is 0.480 e. The van der Waals surface area contributed by atoms with E-state index in [1.807, 2.05) is 0 Å². The Hall–Kier alpha value is -1.70. The zero-order valence-corrected chi connectivity index (χ0v) is 12.3. The van der Waals surface area contributed by atoms with Crippen LogP contribution in [-0.4, -0.2) is 29.3 Å². The molecule has 1 saturated carbocycles. The molecule has 0 aliphatic heterocycles. The summed E-state index contributed by atoms with van der Waals surface area (Å²) in [7, 11) is 0. The summed E-state index contributed by atoms with van der Waals surface area (Å²) in [5.74, 6) is 1.88.